The lowest BCUT2D eigenvalue weighted by Crippen LogP contribution is -2.42. The first-order valence-corrected chi connectivity index (χ1v) is 5.27. The van der Waals surface area contributed by atoms with Crippen LogP contribution in [0.2, 0.25) is 0 Å². The Balaban J connectivity index is 2.49. The van der Waals surface area contributed by atoms with Crippen molar-refractivity contribution in [3.8, 4) is 5.75 Å². The van der Waals surface area contributed by atoms with E-state index in [-0.39, 0.29) is 0 Å². The van der Waals surface area contributed by atoms with Gasteiger partial charge in [0.1, 0.15) is 5.75 Å². The van der Waals surface area contributed by atoms with E-state index in [4.69, 9.17) is 10.5 Å². The average molecular weight is 221 g/mol. The first-order valence-electron chi connectivity index (χ1n) is 5.27. The number of hydrogen-bond donors (Lipinski definition) is 2. The molecule has 3 N–H and O–H groups in total. The minimum Gasteiger partial charge on any atom is -0.497 e. The SMILES string of the molecule is COc1ccc(N)c(C2(C(=O)O)CCC2)c1. The van der Waals surface area contributed by atoms with Crippen LogP contribution in [-0.2, 0) is 10.2 Å². The zero-order chi connectivity index (χ0) is 11.8. The van der Waals surface area contributed by atoms with E-state index in [1.165, 1.54) is 0 Å². The summed E-state index contributed by atoms with van der Waals surface area (Å²) in [6.45, 7) is 0. The van der Waals surface area contributed by atoms with Gasteiger partial charge in [-0.25, -0.2) is 0 Å². The Hall–Kier alpha value is -1.71. The van der Waals surface area contributed by atoms with Gasteiger partial charge in [0, 0.05) is 5.69 Å². The van der Waals surface area contributed by atoms with Gasteiger partial charge in [-0.1, -0.05) is 6.42 Å². The molecule has 0 atom stereocenters. The van der Waals surface area contributed by atoms with E-state index in [0.29, 0.717) is 29.8 Å². The number of rotatable bonds is 3. The number of nitrogens with two attached hydrogens (primary N) is 1. The van der Waals surface area contributed by atoms with E-state index in [1.54, 1.807) is 25.3 Å². The van der Waals surface area contributed by atoms with Crippen molar-refractivity contribution in [1.29, 1.82) is 0 Å². The molecule has 4 heteroatoms. The van der Waals surface area contributed by atoms with Crippen molar-refractivity contribution >= 4 is 11.7 Å². The maximum atomic E-state index is 11.4. The predicted molar refractivity (Wildman–Crippen MR) is 60.6 cm³/mol. The molecule has 0 aliphatic heterocycles. The lowest BCUT2D eigenvalue weighted by atomic mass is 9.64. The second-order valence-corrected chi connectivity index (χ2v) is 4.19. The summed E-state index contributed by atoms with van der Waals surface area (Å²) in [4.78, 5) is 11.4. The smallest absolute Gasteiger partial charge is 0.314 e. The largest absolute Gasteiger partial charge is 0.497 e. The zero-order valence-electron chi connectivity index (χ0n) is 9.19. The number of aliphatic carboxylic acids is 1. The van der Waals surface area contributed by atoms with Crippen LogP contribution in [-0.4, -0.2) is 18.2 Å². The molecule has 2 rings (SSSR count). The van der Waals surface area contributed by atoms with Crippen LogP contribution in [0.1, 0.15) is 24.8 Å². The van der Waals surface area contributed by atoms with Crippen LogP contribution in [0.15, 0.2) is 18.2 Å². The molecule has 1 saturated carbocycles. The van der Waals surface area contributed by atoms with Crippen LogP contribution in [0.3, 0.4) is 0 Å². The van der Waals surface area contributed by atoms with Crippen molar-refractivity contribution in [3.05, 3.63) is 23.8 Å². The van der Waals surface area contributed by atoms with Gasteiger partial charge in [-0.2, -0.15) is 0 Å². The molecule has 0 heterocycles. The Morgan fingerprint density at radius 1 is 1.50 bits per heavy atom. The fourth-order valence-corrected chi connectivity index (χ4v) is 2.21. The maximum Gasteiger partial charge on any atom is 0.314 e. The molecule has 0 bridgehead atoms. The highest BCUT2D eigenvalue weighted by atomic mass is 16.5. The number of hydrogen-bond acceptors (Lipinski definition) is 3. The first-order chi connectivity index (χ1) is 7.60. The molecule has 0 aromatic heterocycles. The molecule has 1 fully saturated rings. The number of benzene rings is 1. The summed E-state index contributed by atoms with van der Waals surface area (Å²) in [6.07, 6.45) is 2.24. The Bertz CT molecular complexity index is 424. The molecule has 1 aromatic carbocycles. The molecular weight excluding hydrogens is 206 g/mol. The summed E-state index contributed by atoms with van der Waals surface area (Å²) in [7, 11) is 1.56. The first kappa shape index (κ1) is 10.8. The Morgan fingerprint density at radius 2 is 2.19 bits per heavy atom. The van der Waals surface area contributed by atoms with Crippen LogP contribution in [0.5, 0.6) is 5.75 Å². The minimum absolute atomic E-state index is 0.530. The van der Waals surface area contributed by atoms with Gasteiger partial charge in [-0.05, 0) is 36.6 Å². The van der Waals surface area contributed by atoms with Gasteiger partial charge in [-0.3, -0.25) is 4.79 Å². The van der Waals surface area contributed by atoms with Crippen molar-refractivity contribution in [3.63, 3.8) is 0 Å². The summed E-state index contributed by atoms with van der Waals surface area (Å²) in [5.41, 5.74) is 6.28. The van der Waals surface area contributed by atoms with E-state index in [0.717, 1.165) is 6.42 Å². The molecule has 0 saturated heterocycles. The van der Waals surface area contributed by atoms with Crippen LogP contribution in [0.25, 0.3) is 0 Å². The lowest BCUT2D eigenvalue weighted by Gasteiger charge is -2.38. The van der Waals surface area contributed by atoms with Crippen molar-refractivity contribution in [2.45, 2.75) is 24.7 Å². The fourth-order valence-electron chi connectivity index (χ4n) is 2.21. The maximum absolute atomic E-state index is 11.4. The van der Waals surface area contributed by atoms with Gasteiger partial charge in [0.05, 0.1) is 12.5 Å². The van der Waals surface area contributed by atoms with E-state index in [2.05, 4.69) is 0 Å². The number of methoxy groups -OCH3 is 1. The van der Waals surface area contributed by atoms with E-state index < -0.39 is 11.4 Å². The number of carboxylic acid groups (broad SMARTS) is 1. The third-order valence-corrected chi connectivity index (χ3v) is 3.39. The highest BCUT2D eigenvalue weighted by Gasteiger charge is 2.47. The van der Waals surface area contributed by atoms with Gasteiger partial charge in [0.2, 0.25) is 0 Å². The fraction of sp³-hybridized carbons (Fsp3) is 0.417. The topological polar surface area (TPSA) is 72.5 Å². The number of carboxylic acids is 1. The second kappa shape index (κ2) is 3.70. The Labute approximate surface area is 94.0 Å². The molecule has 4 nitrogen and oxygen atoms in total. The van der Waals surface area contributed by atoms with Gasteiger partial charge < -0.3 is 15.6 Å². The molecule has 0 radical (unpaired) electrons. The number of carbonyl (C=O) groups is 1. The lowest BCUT2D eigenvalue weighted by molar-refractivity contribution is -0.147. The highest BCUT2D eigenvalue weighted by molar-refractivity contribution is 5.85. The summed E-state index contributed by atoms with van der Waals surface area (Å²) >= 11 is 0. The highest BCUT2D eigenvalue weighted by Crippen LogP contribution is 2.46. The molecule has 1 aliphatic rings. The molecule has 16 heavy (non-hydrogen) atoms. The third kappa shape index (κ3) is 1.41. The van der Waals surface area contributed by atoms with E-state index in [9.17, 15) is 9.90 Å². The molecule has 86 valence electrons. The average Bonchev–Trinajstić information content (AvgIpc) is 2.18. The number of anilines is 1. The van der Waals surface area contributed by atoms with Crippen LogP contribution in [0.4, 0.5) is 5.69 Å². The van der Waals surface area contributed by atoms with Gasteiger partial charge in [0.15, 0.2) is 0 Å². The predicted octanol–water partition coefficient (Wildman–Crippen LogP) is 1.78. The normalized spacial score (nSPS) is 17.6. The monoisotopic (exact) mass is 221 g/mol. The molecular formula is C12H15NO3. The summed E-state index contributed by atoms with van der Waals surface area (Å²) in [6, 6.07) is 5.19. The van der Waals surface area contributed by atoms with Gasteiger partial charge >= 0.3 is 5.97 Å². The minimum atomic E-state index is -0.793. The Morgan fingerprint density at radius 3 is 2.62 bits per heavy atom. The van der Waals surface area contributed by atoms with E-state index in [1.807, 2.05) is 0 Å². The number of nitrogen functional groups attached to an aromatic ring is 1. The van der Waals surface area contributed by atoms with Crippen molar-refractivity contribution < 1.29 is 14.6 Å². The van der Waals surface area contributed by atoms with Crippen molar-refractivity contribution in [1.82, 2.24) is 0 Å². The zero-order valence-corrected chi connectivity index (χ0v) is 9.19. The molecule has 0 unspecified atom stereocenters. The summed E-state index contributed by atoms with van der Waals surface area (Å²) in [5, 5.41) is 9.33. The summed E-state index contributed by atoms with van der Waals surface area (Å²) in [5.74, 6) is -0.143. The van der Waals surface area contributed by atoms with Gasteiger partial charge in [0.25, 0.3) is 0 Å². The van der Waals surface area contributed by atoms with E-state index >= 15 is 0 Å². The standard InChI is InChI=1S/C12H15NO3/c1-16-8-3-4-10(13)9(7-8)12(11(14)15)5-2-6-12/h3-4,7H,2,5-6,13H2,1H3,(H,14,15). The van der Waals surface area contributed by atoms with Crippen LogP contribution >= 0.6 is 0 Å². The number of ether oxygens (including phenoxy) is 1. The molecule has 0 spiro atoms. The molecule has 1 aliphatic carbocycles. The van der Waals surface area contributed by atoms with Gasteiger partial charge in [-0.15, -0.1) is 0 Å². The second-order valence-electron chi connectivity index (χ2n) is 4.19. The third-order valence-electron chi connectivity index (χ3n) is 3.39. The quantitative estimate of drug-likeness (QED) is 0.763. The molecule has 1 aromatic rings. The van der Waals surface area contributed by atoms with Crippen LogP contribution in [0, 0.1) is 0 Å². The molecule has 0 amide bonds. The van der Waals surface area contributed by atoms with Crippen LogP contribution < -0.4 is 10.5 Å². The Kier molecular flexibility index (Phi) is 2.50. The summed E-state index contributed by atoms with van der Waals surface area (Å²) < 4.78 is 5.10. The van der Waals surface area contributed by atoms with Crippen molar-refractivity contribution in [2.75, 3.05) is 12.8 Å². The van der Waals surface area contributed by atoms with Crippen molar-refractivity contribution in [2.24, 2.45) is 0 Å².